The van der Waals surface area contributed by atoms with Crippen molar-refractivity contribution in [3.8, 4) is 11.3 Å². The molecule has 2 aromatic heterocycles. The highest BCUT2D eigenvalue weighted by atomic mass is 19.1. The van der Waals surface area contributed by atoms with Crippen LogP contribution in [0.2, 0.25) is 0 Å². The second-order valence-electron chi connectivity index (χ2n) is 8.80. The van der Waals surface area contributed by atoms with Crippen LogP contribution in [0.4, 0.5) is 16.2 Å². The van der Waals surface area contributed by atoms with Crippen LogP contribution in [0.3, 0.4) is 0 Å². The second-order valence-corrected chi connectivity index (χ2v) is 8.80. The van der Waals surface area contributed by atoms with E-state index in [0.29, 0.717) is 29.3 Å². The van der Waals surface area contributed by atoms with E-state index < -0.39 is 5.82 Å². The zero-order chi connectivity index (χ0) is 22.9. The van der Waals surface area contributed by atoms with E-state index in [1.54, 1.807) is 13.2 Å². The molecule has 1 saturated carbocycles. The van der Waals surface area contributed by atoms with Crippen LogP contribution in [0.15, 0.2) is 18.5 Å². The van der Waals surface area contributed by atoms with E-state index in [1.807, 2.05) is 0 Å². The van der Waals surface area contributed by atoms with Crippen LogP contribution in [0.25, 0.3) is 11.3 Å². The third kappa shape index (κ3) is 7.02. The number of rotatable bonds is 10. The second kappa shape index (κ2) is 12.2. The summed E-state index contributed by atoms with van der Waals surface area (Å²) in [6, 6.07) is 2.58. The highest BCUT2D eigenvalue weighted by Gasteiger charge is 2.22. The fourth-order valence-electron chi connectivity index (χ4n) is 4.41. The summed E-state index contributed by atoms with van der Waals surface area (Å²) < 4.78 is 25.1. The van der Waals surface area contributed by atoms with Crippen LogP contribution in [0.5, 0.6) is 0 Å². The number of hydrogen-bond donors (Lipinski definition) is 3. The molecule has 0 radical (unpaired) electrons. The van der Waals surface area contributed by atoms with E-state index in [4.69, 9.17) is 9.47 Å². The Bertz CT molecular complexity index is 874. The first-order valence-corrected chi connectivity index (χ1v) is 11.9. The summed E-state index contributed by atoms with van der Waals surface area (Å²) in [6.45, 7) is 3.98. The molecule has 0 unspecified atom stereocenters. The van der Waals surface area contributed by atoms with Crippen LogP contribution in [0, 0.1) is 11.7 Å². The zero-order valence-electron chi connectivity index (χ0n) is 19.2. The van der Waals surface area contributed by atoms with Crippen molar-refractivity contribution < 1.29 is 13.9 Å². The summed E-state index contributed by atoms with van der Waals surface area (Å²) in [6.07, 6.45) is 8.98. The van der Waals surface area contributed by atoms with E-state index in [1.165, 1.54) is 12.4 Å². The van der Waals surface area contributed by atoms with Crippen molar-refractivity contribution >= 4 is 11.8 Å². The lowest BCUT2D eigenvalue weighted by Crippen LogP contribution is -2.38. The van der Waals surface area contributed by atoms with Gasteiger partial charge in [-0.2, -0.15) is 5.10 Å². The highest BCUT2D eigenvalue weighted by Crippen LogP contribution is 2.25. The lowest BCUT2D eigenvalue weighted by atomic mass is 9.91. The molecule has 0 bridgehead atoms. The number of nitrogens with zero attached hydrogens (tertiary/aromatic N) is 4. The Morgan fingerprint density at radius 3 is 2.67 bits per heavy atom. The lowest BCUT2D eigenvalue weighted by molar-refractivity contribution is 0.0699. The lowest BCUT2D eigenvalue weighted by Gasteiger charge is -2.29. The minimum Gasteiger partial charge on any atom is -0.383 e. The molecular formula is C23H34FN7O2. The summed E-state index contributed by atoms with van der Waals surface area (Å²) in [4.78, 5) is 8.63. The molecule has 2 fully saturated rings. The maximum absolute atomic E-state index is 14.6. The standard InChI is InChI=1S/C23H34FN7O2/c1-32-11-8-25-18-2-4-19(5-3-18)29-23-27-15-20(24)22(30-23)17-12-21(31-28-14-17)26-13-16-6-9-33-10-7-16/h12,14-16,18-19,25H,2-11,13H2,1H3,(H,26,31)(H,27,29,30). The fourth-order valence-corrected chi connectivity index (χ4v) is 4.41. The molecular weight excluding hydrogens is 425 g/mol. The van der Waals surface area contributed by atoms with Gasteiger partial charge in [-0.1, -0.05) is 0 Å². The molecule has 1 saturated heterocycles. The summed E-state index contributed by atoms with van der Waals surface area (Å²) >= 11 is 0. The third-order valence-corrected chi connectivity index (χ3v) is 6.38. The molecule has 10 heteroatoms. The Morgan fingerprint density at radius 1 is 1.09 bits per heavy atom. The Labute approximate surface area is 194 Å². The van der Waals surface area contributed by atoms with Crippen LogP contribution in [-0.4, -0.2) is 72.3 Å². The van der Waals surface area contributed by atoms with Gasteiger partial charge in [-0.05, 0) is 50.5 Å². The number of methoxy groups -OCH3 is 1. The summed E-state index contributed by atoms with van der Waals surface area (Å²) in [5.41, 5.74) is 0.805. The van der Waals surface area contributed by atoms with Crippen molar-refractivity contribution in [1.82, 2.24) is 25.5 Å². The molecule has 2 aromatic rings. The first-order valence-electron chi connectivity index (χ1n) is 11.9. The van der Waals surface area contributed by atoms with Gasteiger partial charge in [-0.25, -0.2) is 14.4 Å². The monoisotopic (exact) mass is 459 g/mol. The SMILES string of the molecule is COCCNC1CCC(Nc2ncc(F)c(-c3cnnc(NCC4CCOCC4)c3)n2)CC1. The molecule has 0 amide bonds. The topological polar surface area (TPSA) is 106 Å². The molecule has 0 spiro atoms. The van der Waals surface area contributed by atoms with Gasteiger partial charge in [0.25, 0.3) is 0 Å². The van der Waals surface area contributed by atoms with Crippen molar-refractivity contribution in [3.05, 3.63) is 24.3 Å². The van der Waals surface area contributed by atoms with Crippen molar-refractivity contribution in [2.45, 2.75) is 50.6 Å². The van der Waals surface area contributed by atoms with E-state index in [-0.39, 0.29) is 11.7 Å². The van der Waals surface area contributed by atoms with E-state index in [2.05, 4.69) is 36.1 Å². The van der Waals surface area contributed by atoms with Gasteiger partial charge in [0.1, 0.15) is 11.5 Å². The number of nitrogens with one attached hydrogen (secondary N) is 3. The van der Waals surface area contributed by atoms with E-state index in [9.17, 15) is 4.39 Å². The minimum absolute atomic E-state index is 0.228. The zero-order valence-corrected chi connectivity index (χ0v) is 19.2. The largest absolute Gasteiger partial charge is 0.383 e. The summed E-state index contributed by atoms with van der Waals surface area (Å²) in [7, 11) is 1.71. The number of halogens is 1. The highest BCUT2D eigenvalue weighted by molar-refractivity contribution is 5.63. The van der Waals surface area contributed by atoms with Crippen LogP contribution in [0.1, 0.15) is 38.5 Å². The molecule has 3 heterocycles. The maximum atomic E-state index is 14.6. The van der Waals surface area contributed by atoms with Gasteiger partial charge in [0.2, 0.25) is 5.95 Å². The minimum atomic E-state index is -0.477. The molecule has 0 aromatic carbocycles. The van der Waals surface area contributed by atoms with E-state index in [0.717, 1.165) is 71.4 Å². The van der Waals surface area contributed by atoms with Crippen molar-refractivity contribution in [3.63, 3.8) is 0 Å². The third-order valence-electron chi connectivity index (χ3n) is 6.38. The summed E-state index contributed by atoms with van der Waals surface area (Å²) in [5.74, 6) is 1.12. The van der Waals surface area contributed by atoms with Gasteiger partial charge in [-0.3, -0.25) is 0 Å². The average Bonchev–Trinajstić information content (AvgIpc) is 2.86. The van der Waals surface area contributed by atoms with Crippen molar-refractivity contribution in [2.75, 3.05) is 50.7 Å². The average molecular weight is 460 g/mol. The number of anilines is 2. The van der Waals surface area contributed by atoms with Crippen molar-refractivity contribution in [2.24, 2.45) is 5.92 Å². The number of hydrogen-bond acceptors (Lipinski definition) is 9. The molecule has 1 aliphatic heterocycles. The normalized spacial score (nSPS) is 21.6. The first-order chi connectivity index (χ1) is 16.2. The molecule has 1 aliphatic carbocycles. The van der Waals surface area contributed by atoms with Crippen molar-refractivity contribution in [1.29, 1.82) is 0 Å². The molecule has 33 heavy (non-hydrogen) atoms. The Morgan fingerprint density at radius 2 is 1.88 bits per heavy atom. The van der Waals surface area contributed by atoms with Crippen LogP contribution >= 0.6 is 0 Å². The molecule has 9 nitrogen and oxygen atoms in total. The Hall–Kier alpha value is -2.43. The van der Waals surface area contributed by atoms with Crippen LogP contribution in [-0.2, 0) is 9.47 Å². The first kappa shape index (κ1) is 23.7. The number of ether oxygens (including phenoxy) is 2. The van der Waals surface area contributed by atoms with E-state index >= 15 is 0 Å². The Balaban J connectivity index is 1.34. The van der Waals surface area contributed by atoms with Gasteiger partial charge in [-0.15, -0.1) is 5.10 Å². The van der Waals surface area contributed by atoms with Gasteiger partial charge in [0.15, 0.2) is 5.82 Å². The number of aromatic nitrogens is 4. The quantitative estimate of drug-likeness (QED) is 0.462. The van der Waals surface area contributed by atoms with Gasteiger partial charge in [0.05, 0.1) is 19.0 Å². The molecule has 180 valence electrons. The predicted octanol–water partition coefficient (Wildman–Crippen LogP) is 2.87. The van der Waals surface area contributed by atoms with Gasteiger partial charge in [0, 0.05) is 51.1 Å². The molecule has 3 N–H and O–H groups in total. The fraction of sp³-hybridized carbons (Fsp3) is 0.652. The smallest absolute Gasteiger partial charge is 0.223 e. The predicted molar refractivity (Wildman–Crippen MR) is 125 cm³/mol. The molecule has 2 aliphatic rings. The maximum Gasteiger partial charge on any atom is 0.223 e. The van der Waals surface area contributed by atoms with Gasteiger partial charge >= 0.3 is 0 Å². The van der Waals surface area contributed by atoms with Crippen LogP contribution < -0.4 is 16.0 Å². The summed E-state index contributed by atoms with van der Waals surface area (Å²) in [5, 5.41) is 18.4. The Kier molecular flexibility index (Phi) is 8.73. The van der Waals surface area contributed by atoms with Gasteiger partial charge < -0.3 is 25.4 Å². The molecule has 4 rings (SSSR count). The molecule has 0 atom stereocenters.